The Labute approximate surface area is 121 Å². The van der Waals surface area contributed by atoms with Gasteiger partial charge >= 0.3 is 6.03 Å². The lowest BCUT2D eigenvalue weighted by Gasteiger charge is -2.37. The van der Waals surface area contributed by atoms with Gasteiger partial charge in [0.25, 0.3) is 0 Å². The third kappa shape index (κ3) is 3.65. The molecule has 0 aromatic heterocycles. The molecule has 0 saturated carbocycles. The lowest BCUT2D eigenvalue weighted by atomic mass is 9.96. The van der Waals surface area contributed by atoms with Gasteiger partial charge < -0.3 is 14.9 Å². The molecular formula is C16H24N2O2. The molecule has 20 heavy (non-hydrogen) atoms. The van der Waals surface area contributed by atoms with Gasteiger partial charge in [-0.15, -0.1) is 0 Å². The molecule has 1 heterocycles. The normalized spacial score (nSPS) is 18.9. The molecule has 1 fully saturated rings. The Morgan fingerprint density at radius 2 is 2.20 bits per heavy atom. The summed E-state index contributed by atoms with van der Waals surface area (Å²) >= 11 is 0. The minimum atomic E-state index is 0.116. The third-order valence-corrected chi connectivity index (χ3v) is 3.93. The number of carbonyl (C=O) groups excluding carboxylic acids is 1. The Morgan fingerprint density at radius 3 is 2.90 bits per heavy atom. The van der Waals surface area contributed by atoms with Crippen LogP contribution in [-0.4, -0.2) is 47.6 Å². The van der Waals surface area contributed by atoms with Crippen LogP contribution < -0.4 is 0 Å². The SMILES string of the molecule is CN(C)C(=O)N1CCCC[C@H]1CCc1cccc(O)c1. The molecule has 2 amide bonds. The van der Waals surface area contributed by atoms with Crippen molar-refractivity contribution in [3.8, 4) is 5.75 Å². The quantitative estimate of drug-likeness (QED) is 0.922. The van der Waals surface area contributed by atoms with E-state index in [2.05, 4.69) is 0 Å². The number of benzene rings is 1. The summed E-state index contributed by atoms with van der Waals surface area (Å²) in [4.78, 5) is 15.9. The highest BCUT2D eigenvalue weighted by Gasteiger charge is 2.27. The zero-order valence-electron chi connectivity index (χ0n) is 12.4. The lowest BCUT2D eigenvalue weighted by molar-refractivity contribution is 0.125. The minimum Gasteiger partial charge on any atom is -0.508 e. The number of carbonyl (C=O) groups is 1. The molecule has 110 valence electrons. The van der Waals surface area contributed by atoms with Crippen LogP contribution in [0.2, 0.25) is 0 Å². The van der Waals surface area contributed by atoms with Crippen molar-refractivity contribution < 1.29 is 9.90 Å². The molecular weight excluding hydrogens is 252 g/mol. The number of phenols is 1. The van der Waals surface area contributed by atoms with Crippen LogP contribution in [0.25, 0.3) is 0 Å². The molecule has 1 aromatic carbocycles. The number of aromatic hydroxyl groups is 1. The van der Waals surface area contributed by atoms with E-state index in [1.54, 1.807) is 17.0 Å². The topological polar surface area (TPSA) is 43.8 Å². The fraction of sp³-hybridized carbons (Fsp3) is 0.562. The highest BCUT2D eigenvalue weighted by Crippen LogP contribution is 2.23. The summed E-state index contributed by atoms with van der Waals surface area (Å²) in [6.45, 7) is 0.863. The van der Waals surface area contributed by atoms with Gasteiger partial charge in [0.05, 0.1) is 0 Å². The van der Waals surface area contributed by atoms with Crippen molar-refractivity contribution in [2.45, 2.75) is 38.1 Å². The van der Waals surface area contributed by atoms with E-state index < -0.39 is 0 Å². The maximum absolute atomic E-state index is 12.2. The second kappa shape index (κ2) is 6.64. The van der Waals surface area contributed by atoms with Crippen LogP contribution in [0.5, 0.6) is 5.75 Å². The van der Waals surface area contributed by atoms with E-state index in [0.717, 1.165) is 37.8 Å². The van der Waals surface area contributed by atoms with Crippen LogP contribution in [0.1, 0.15) is 31.2 Å². The molecule has 4 heteroatoms. The molecule has 0 bridgehead atoms. The molecule has 1 atom stereocenters. The van der Waals surface area contributed by atoms with Gasteiger partial charge in [-0.25, -0.2) is 4.79 Å². The third-order valence-electron chi connectivity index (χ3n) is 3.93. The fourth-order valence-corrected chi connectivity index (χ4v) is 2.85. The molecule has 1 aliphatic heterocycles. The van der Waals surface area contributed by atoms with Crippen molar-refractivity contribution >= 4 is 6.03 Å². The maximum atomic E-state index is 12.2. The summed E-state index contributed by atoms with van der Waals surface area (Å²) in [5.74, 6) is 0.312. The summed E-state index contributed by atoms with van der Waals surface area (Å²) in [5.41, 5.74) is 1.13. The van der Waals surface area contributed by atoms with Gasteiger partial charge in [0.15, 0.2) is 0 Å². The molecule has 4 nitrogen and oxygen atoms in total. The molecule has 1 aliphatic rings. The van der Waals surface area contributed by atoms with E-state index in [1.165, 1.54) is 6.42 Å². The number of phenolic OH excluding ortho intramolecular Hbond substituents is 1. The van der Waals surface area contributed by atoms with E-state index in [-0.39, 0.29) is 6.03 Å². The number of nitrogens with zero attached hydrogens (tertiary/aromatic N) is 2. The van der Waals surface area contributed by atoms with Crippen LogP contribution in [0.3, 0.4) is 0 Å². The average Bonchev–Trinajstić information content (AvgIpc) is 2.44. The summed E-state index contributed by atoms with van der Waals surface area (Å²) in [6, 6.07) is 7.83. The number of rotatable bonds is 3. The first-order valence-corrected chi connectivity index (χ1v) is 7.34. The fourth-order valence-electron chi connectivity index (χ4n) is 2.85. The Bertz CT molecular complexity index is 460. The molecule has 1 N–H and O–H groups in total. The smallest absolute Gasteiger partial charge is 0.319 e. The molecule has 1 aromatic rings. The zero-order chi connectivity index (χ0) is 14.5. The second-order valence-corrected chi connectivity index (χ2v) is 5.73. The number of hydrogen-bond donors (Lipinski definition) is 1. The van der Waals surface area contributed by atoms with Crippen LogP contribution >= 0.6 is 0 Å². The lowest BCUT2D eigenvalue weighted by Crippen LogP contribution is -2.48. The maximum Gasteiger partial charge on any atom is 0.319 e. The number of amides is 2. The molecule has 0 aliphatic carbocycles. The standard InChI is InChI=1S/C16H24N2O2/c1-17(2)16(20)18-11-4-3-7-14(18)10-9-13-6-5-8-15(19)12-13/h5-6,8,12,14,19H,3-4,7,9-11H2,1-2H3/t14-/m0/s1. The summed E-state index contributed by atoms with van der Waals surface area (Å²) in [7, 11) is 3.62. The number of likely N-dealkylation sites (tertiary alicyclic amines) is 1. The summed E-state index contributed by atoms with van der Waals surface area (Å²) in [6.07, 6.45) is 5.24. The Kier molecular flexibility index (Phi) is 4.88. The van der Waals surface area contributed by atoms with Gasteiger partial charge in [0, 0.05) is 26.7 Å². The molecule has 0 unspecified atom stereocenters. The number of aryl methyl sites for hydroxylation is 1. The van der Waals surface area contributed by atoms with Gasteiger partial charge in [-0.1, -0.05) is 12.1 Å². The van der Waals surface area contributed by atoms with Crippen molar-refractivity contribution in [3.05, 3.63) is 29.8 Å². The molecule has 2 rings (SSSR count). The minimum absolute atomic E-state index is 0.116. The van der Waals surface area contributed by atoms with Gasteiger partial charge in [-0.05, 0) is 49.8 Å². The Balaban J connectivity index is 1.97. The van der Waals surface area contributed by atoms with E-state index in [0.29, 0.717) is 11.8 Å². The first-order chi connectivity index (χ1) is 9.58. The van der Waals surface area contributed by atoms with E-state index in [9.17, 15) is 9.90 Å². The van der Waals surface area contributed by atoms with Crippen LogP contribution in [0.4, 0.5) is 4.79 Å². The number of hydrogen-bond acceptors (Lipinski definition) is 2. The summed E-state index contributed by atoms with van der Waals surface area (Å²) in [5, 5.41) is 9.49. The van der Waals surface area contributed by atoms with Crippen molar-refractivity contribution in [1.29, 1.82) is 0 Å². The largest absolute Gasteiger partial charge is 0.508 e. The monoisotopic (exact) mass is 276 g/mol. The van der Waals surface area contributed by atoms with Gasteiger partial charge in [-0.2, -0.15) is 0 Å². The predicted octanol–water partition coefficient (Wildman–Crippen LogP) is 2.86. The summed E-state index contributed by atoms with van der Waals surface area (Å²) < 4.78 is 0. The highest BCUT2D eigenvalue weighted by molar-refractivity contribution is 5.74. The highest BCUT2D eigenvalue weighted by atomic mass is 16.3. The van der Waals surface area contributed by atoms with E-state index in [4.69, 9.17) is 0 Å². The molecule has 0 radical (unpaired) electrons. The number of urea groups is 1. The Hall–Kier alpha value is -1.71. The van der Waals surface area contributed by atoms with Gasteiger partial charge in [-0.3, -0.25) is 0 Å². The van der Waals surface area contributed by atoms with Crippen LogP contribution in [0.15, 0.2) is 24.3 Å². The van der Waals surface area contributed by atoms with Crippen molar-refractivity contribution in [2.75, 3.05) is 20.6 Å². The Morgan fingerprint density at radius 1 is 1.40 bits per heavy atom. The van der Waals surface area contributed by atoms with Gasteiger partial charge in [0.1, 0.15) is 5.75 Å². The van der Waals surface area contributed by atoms with Crippen LogP contribution in [-0.2, 0) is 6.42 Å². The van der Waals surface area contributed by atoms with E-state index in [1.807, 2.05) is 31.1 Å². The van der Waals surface area contributed by atoms with Crippen molar-refractivity contribution in [3.63, 3.8) is 0 Å². The molecule has 0 spiro atoms. The zero-order valence-corrected chi connectivity index (χ0v) is 12.4. The number of piperidine rings is 1. The van der Waals surface area contributed by atoms with Crippen LogP contribution in [0, 0.1) is 0 Å². The van der Waals surface area contributed by atoms with E-state index >= 15 is 0 Å². The van der Waals surface area contributed by atoms with Crippen molar-refractivity contribution in [1.82, 2.24) is 9.80 Å². The average molecular weight is 276 g/mol. The first kappa shape index (κ1) is 14.7. The van der Waals surface area contributed by atoms with Crippen molar-refractivity contribution in [2.24, 2.45) is 0 Å². The second-order valence-electron chi connectivity index (χ2n) is 5.73. The van der Waals surface area contributed by atoms with Gasteiger partial charge in [0.2, 0.25) is 0 Å². The predicted molar refractivity (Wildman–Crippen MR) is 79.9 cm³/mol. The first-order valence-electron chi connectivity index (χ1n) is 7.34. The molecule has 1 saturated heterocycles.